The van der Waals surface area contributed by atoms with Gasteiger partial charge in [0.15, 0.2) is 5.82 Å². The Morgan fingerprint density at radius 3 is 2.55 bits per heavy atom. The van der Waals surface area contributed by atoms with Crippen LogP contribution in [0.3, 0.4) is 0 Å². The molecule has 2 aromatic carbocycles. The number of halogens is 3. The van der Waals surface area contributed by atoms with Crippen molar-refractivity contribution < 1.29 is 21.6 Å². The van der Waals surface area contributed by atoms with Gasteiger partial charge in [0, 0.05) is 54.4 Å². The van der Waals surface area contributed by atoms with Gasteiger partial charge in [-0.05, 0) is 31.3 Å². The summed E-state index contributed by atoms with van der Waals surface area (Å²) in [5.74, 6) is -1.43. The Bertz CT molecular complexity index is 1400. The second-order valence-corrected chi connectivity index (χ2v) is 8.93. The van der Waals surface area contributed by atoms with Crippen molar-refractivity contribution in [3.8, 4) is 11.3 Å². The highest BCUT2D eigenvalue weighted by Crippen LogP contribution is 2.41. The molecule has 33 heavy (non-hydrogen) atoms. The zero-order valence-electron chi connectivity index (χ0n) is 17.8. The first-order valence-corrected chi connectivity index (χ1v) is 11.7. The van der Waals surface area contributed by atoms with Gasteiger partial charge in [0.1, 0.15) is 18.2 Å². The lowest BCUT2D eigenvalue weighted by atomic mass is 10.0. The normalized spacial score (nSPS) is 15.4. The summed E-state index contributed by atoms with van der Waals surface area (Å²) < 4.78 is 70.4. The topological polar surface area (TPSA) is 70.5 Å². The molecule has 0 saturated carbocycles. The van der Waals surface area contributed by atoms with E-state index in [0.29, 0.717) is 54.0 Å². The second-order valence-electron chi connectivity index (χ2n) is 8.19. The van der Waals surface area contributed by atoms with Crippen LogP contribution in [0.25, 0.3) is 33.1 Å². The van der Waals surface area contributed by atoms with E-state index in [1.165, 1.54) is 10.6 Å². The Morgan fingerprint density at radius 1 is 1.09 bits per heavy atom. The third-order valence-electron chi connectivity index (χ3n) is 6.13. The van der Waals surface area contributed by atoms with Crippen molar-refractivity contribution in [2.45, 2.75) is 6.54 Å². The van der Waals surface area contributed by atoms with Gasteiger partial charge in [-0.2, -0.15) is 0 Å². The zero-order chi connectivity index (χ0) is 23.3. The first kappa shape index (κ1) is 21.8. The molecule has 3 aliphatic heterocycles. The summed E-state index contributed by atoms with van der Waals surface area (Å²) in [6, 6.07) is 6.06. The molecule has 0 aromatic heterocycles. The average Bonchev–Trinajstić information content (AvgIpc) is 3.13. The fourth-order valence-electron chi connectivity index (χ4n) is 4.54. The molecule has 1 N–H and O–H groups in total. The summed E-state index contributed by atoms with van der Waals surface area (Å²) in [6.45, 7) is 1.48. The molecule has 11 heteroatoms. The summed E-state index contributed by atoms with van der Waals surface area (Å²) in [5.41, 5.74) is 1.81. The number of piperazine rings is 1. The van der Waals surface area contributed by atoms with E-state index in [0.717, 1.165) is 0 Å². The number of thiol groups is 1. The number of alkyl halides is 1. The molecule has 0 spiro atoms. The molecule has 0 amide bonds. The molecule has 1 saturated heterocycles. The van der Waals surface area contributed by atoms with E-state index < -0.39 is 29.2 Å². The van der Waals surface area contributed by atoms with Crippen LogP contribution in [-0.4, -0.2) is 62.8 Å². The Morgan fingerprint density at radius 2 is 1.85 bits per heavy atom. The van der Waals surface area contributed by atoms with E-state index in [-0.39, 0.29) is 23.1 Å². The highest BCUT2D eigenvalue weighted by Gasteiger charge is 2.27. The summed E-state index contributed by atoms with van der Waals surface area (Å²) >= 11 is 0. The number of aromatic nitrogens is 2. The van der Waals surface area contributed by atoms with Crippen LogP contribution in [0, 0.1) is 11.6 Å². The number of pyridine rings is 1. The highest BCUT2D eigenvalue weighted by molar-refractivity contribution is 7.73. The van der Waals surface area contributed by atoms with E-state index in [4.69, 9.17) is 0 Å². The largest absolute Gasteiger partial charge is 0.364 e. The maximum atomic E-state index is 15.8. The van der Waals surface area contributed by atoms with Gasteiger partial charge in [-0.15, -0.1) is 0 Å². The third kappa shape index (κ3) is 3.74. The van der Waals surface area contributed by atoms with Crippen molar-refractivity contribution in [2.24, 2.45) is 0 Å². The maximum absolute atomic E-state index is 15.8. The first-order valence-electron chi connectivity index (χ1n) is 10.5. The van der Waals surface area contributed by atoms with E-state index in [9.17, 15) is 12.8 Å². The van der Waals surface area contributed by atoms with E-state index in [1.807, 2.05) is 7.05 Å². The quantitative estimate of drug-likeness (QED) is 0.432. The lowest BCUT2D eigenvalue weighted by Crippen LogP contribution is -2.45. The monoisotopic (exact) mass is 477 g/mol. The van der Waals surface area contributed by atoms with Crippen molar-refractivity contribution >= 4 is 44.1 Å². The standard InChI is InChI=1S/C22H22F3N5O2S/c1-28-6-8-29(9-7-28)22-17(24)11-15-20-16(12-30(5-4-23)21(15)19(22)25)14-10-13(27-33(31)32)2-3-18(14)26-20/h2-3,10-12,33H,4-9H2,1H3,(H,27,31,32). The highest BCUT2D eigenvalue weighted by atomic mass is 32.2. The van der Waals surface area contributed by atoms with Gasteiger partial charge < -0.3 is 14.4 Å². The smallest absolute Gasteiger partial charge is 0.222 e. The number of likely N-dealkylation sites (N-methyl/N-ethyl adjacent to an activating group) is 1. The minimum atomic E-state index is -2.85. The summed E-state index contributed by atoms with van der Waals surface area (Å²) in [5, 5.41) is 0.847. The van der Waals surface area contributed by atoms with Crippen LogP contribution in [-0.2, 0) is 17.4 Å². The van der Waals surface area contributed by atoms with Crippen LogP contribution in [0.2, 0.25) is 0 Å². The number of hydrogen-bond acceptors (Lipinski definition) is 5. The van der Waals surface area contributed by atoms with Crippen molar-refractivity contribution in [3.05, 3.63) is 42.1 Å². The number of rotatable bonds is 5. The van der Waals surface area contributed by atoms with Crippen LogP contribution in [0.5, 0.6) is 0 Å². The van der Waals surface area contributed by atoms with Crippen LogP contribution in [0.15, 0.2) is 30.5 Å². The molecule has 174 valence electrons. The lowest BCUT2D eigenvalue weighted by Gasteiger charge is -2.34. The Hall–Kier alpha value is -3.05. The molecule has 3 heterocycles. The average molecular weight is 478 g/mol. The van der Waals surface area contributed by atoms with Gasteiger partial charge >= 0.3 is 0 Å². The van der Waals surface area contributed by atoms with Gasteiger partial charge in [0.05, 0.1) is 23.3 Å². The predicted molar refractivity (Wildman–Crippen MR) is 123 cm³/mol. The second kappa shape index (κ2) is 8.38. The van der Waals surface area contributed by atoms with Gasteiger partial charge in [-0.3, -0.25) is 4.72 Å². The third-order valence-corrected chi connectivity index (χ3v) is 6.58. The molecule has 0 aliphatic carbocycles. The van der Waals surface area contributed by atoms with E-state index in [2.05, 4.69) is 14.6 Å². The summed E-state index contributed by atoms with van der Waals surface area (Å²) in [6.07, 6.45) is 1.60. The van der Waals surface area contributed by atoms with Crippen molar-refractivity contribution in [1.29, 1.82) is 0 Å². The number of aryl methyl sites for hydroxylation is 1. The molecular formula is C22H22F3N5O2S. The van der Waals surface area contributed by atoms with Gasteiger partial charge in [-0.25, -0.2) is 26.6 Å². The predicted octanol–water partition coefficient (Wildman–Crippen LogP) is 3.23. The van der Waals surface area contributed by atoms with Crippen LogP contribution in [0.1, 0.15) is 0 Å². The minimum Gasteiger partial charge on any atom is -0.364 e. The van der Waals surface area contributed by atoms with E-state index in [1.54, 1.807) is 29.3 Å². The zero-order valence-corrected chi connectivity index (χ0v) is 18.7. The lowest BCUT2D eigenvalue weighted by molar-refractivity contribution is 0.310. The van der Waals surface area contributed by atoms with Crippen molar-refractivity contribution in [3.63, 3.8) is 0 Å². The van der Waals surface area contributed by atoms with Gasteiger partial charge in [0.25, 0.3) is 0 Å². The summed E-state index contributed by atoms with van der Waals surface area (Å²) in [7, 11) is -0.898. The Balaban J connectivity index is 1.77. The first-order chi connectivity index (χ1) is 15.9. The Kier molecular flexibility index (Phi) is 5.53. The number of anilines is 2. The number of nitrogens with zero attached hydrogens (tertiary/aromatic N) is 4. The molecule has 0 atom stereocenters. The Labute approximate surface area is 189 Å². The summed E-state index contributed by atoms with van der Waals surface area (Å²) in [4.78, 5) is 8.33. The van der Waals surface area contributed by atoms with Crippen LogP contribution >= 0.6 is 0 Å². The molecule has 7 nitrogen and oxygen atoms in total. The van der Waals surface area contributed by atoms with Gasteiger partial charge in [0.2, 0.25) is 10.9 Å². The molecule has 5 rings (SSSR count). The molecule has 0 bridgehead atoms. The number of hydrogen-bond donors (Lipinski definition) is 2. The van der Waals surface area contributed by atoms with Crippen molar-refractivity contribution in [2.75, 3.05) is 49.5 Å². The van der Waals surface area contributed by atoms with E-state index >= 15 is 8.78 Å². The fourth-order valence-corrected chi connectivity index (χ4v) is 4.89. The molecule has 2 aromatic rings. The number of fused-ring (bicyclic) bond motifs is 5. The SMILES string of the molecule is CN1CCN(c2c(F)cc3c4nc5ccc(N[SH](=O)=O)cc5c-4cn(CCF)c3c2F)CC1. The molecule has 3 aliphatic rings. The fraction of sp³-hybridized carbons (Fsp3) is 0.318. The molecular weight excluding hydrogens is 455 g/mol. The number of benzene rings is 2. The molecule has 1 fully saturated rings. The van der Waals surface area contributed by atoms with Gasteiger partial charge in [-0.1, -0.05) is 0 Å². The minimum absolute atomic E-state index is 0.0965. The van der Waals surface area contributed by atoms with Crippen LogP contribution < -0.4 is 9.62 Å². The number of nitrogens with one attached hydrogen (secondary N) is 1. The molecule has 0 radical (unpaired) electrons. The molecule has 0 unspecified atom stereocenters. The maximum Gasteiger partial charge on any atom is 0.222 e. The van der Waals surface area contributed by atoms with Crippen molar-refractivity contribution in [1.82, 2.24) is 14.5 Å². The van der Waals surface area contributed by atoms with Crippen LogP contribution in [0.4, 0.5) is 24.5 Å².